The summed E-state index contributed by atoms with van der Waals surface area (Å²) < 4.78 is 20.4. The number of aromatic nitrogens is 3. The van der Waals surface area contributed by atoms with Gasteiger partial charge in [0.05, 0.1) is 23.1 Å². The Morgan fingerprint density at radius 3 is 2.76 bits per heavy atom. The van der Waals surface area contributed by atoms with Crippen molar-refractivity contribution in [3.05, 3.63) is 71.9 Å². The highest BCUT2D eigenvalue weighted by Crippen LogP contribution is 2.28. The van der Waals surface area contributed by atoms with Crippen LogP contribution in [0.15, 0.2) is 60.8 Å². The van der Waals surface area contributed by atoms with Crippen LogP contribution >= 0.6 is 0 Å². The molecule has 5 heteroatoms. The van der Waals surface area contributed by atoms with Gasteiger partial charge >= 0.3 is 0 Å². The Morgan fingerprint density at radius 2 is 2.04 bits per heavy atom. The van der Waals surface area contributed by atoms with Crippen LogP contribution in [0.2, 0.25) is 0 Å². The van der Waals surface area contributed by atoms with Crippen LogP contribution in [0.4, 0.5) is 4.39 Å². The predicted molar refractivity (Wildman–Crippen MR) is 100 cm³/mol. The molecule has 0 spiro atoms. The number of imidazole rings is 1. The summed E-state index contributed by atoms with van der Waals surface area (Å²) in [5, 5.41) is 4.41. The molecule has 128 valence electrons. The van der Waals surface area contributed by atoms with Crippen molar-refractivity contribution in [1.82, 2.24) is 14.6 Å². The monoisotopic (exact) mass is 337 g/mol. The van der Waals surface area contributed by atoms with Gasteiger partial charge < -0.3 is 9.72 Å². The Hall–Kier alpha value is -3.08. The molecule has 0 aliphatic heterocycles. The first-order chi connectivity index (χ1) is 12.0. The van der Waals surface area contributed by atoms with Crippen LogP contribution in [-0.4, -0.2) is 14.6 Å². The maximum absolute atomic E-state index is 12.6. The average Bonchev–Trinajstić information content (AvgIpc) is 3.09. The highest BCUT2D eigenvalue weighted by atomic mass is 19.1. The number of rotatable bonds is 5. The molecule has 3 aromatic rings. The smallest absolute Gasteiger partial charge is 0.141 e. The summed E-state index contributed by atoms with van der Waals surface area (Å²) >= 11 is 0. The Labute approximate surface area is 145 Å². The molecule has 0 unspecified atom stereocenters. The van der Waals surface area contributed by atoms with Crippen molar-refractivity contribution in [2.75, 3.05) is 0 Å². The van der Waals surface area contributed by atoms with E-state index >= 15 is 0 Å². The minimum Gasteiger partial charge on any atom is -0.462 e. The second-order valence-corrected chi connectivity index (χ2v) is 5.84. The first-order valence-corrected chi connectivity index (χ1v) is 7.97. The van der Waals surface area contributed by atoms with Gasteiger partial charge in [0.15, 0.2) is 0 Å². The molecule has 25 heavy (non-hydrogen) atoms. The molecule has 1 aromatic carbocycles. The Balaban J connectivity index is 1.93. The lowest BCUT2D eigenvalue weighted by Crippen LogP contribution is -1.92. The number of halogens is 1. The van der Waals surface area contributed by atoms with E-state index in [1.54, 1.807) is 30.5 Å². The number of nitrogens with zero attached hydrogens (tertiary/aromatic N) is 2. The highest BCUT2D eigenvalue weighted by molar-refractivity contribution is 5.86. The molecule has 0 saturated carbocycles. The van der Waals surface area contributed by atoms with E-state index in [0.717, 1.165) is 33.6 Å². The summed E-state index contributed by atoms with van der Waals surface area (Å²) in [5.74, 6) is 1.21. The van der Waals surface area contributed by atoms with Crippen molar-refractivity contribution in [1.29, 1.82) is 0 Å². The van der Waals surface area contributed by atoms with E-state index < -0.39 is 0 Å². The summed E-state index contributed by atoms with van der Waals surface area (Å²) in [4.78, 5) is 3.36. The maximum Gasteiger partial charge on any atom is 0.141 e. The van der Waals surface area contributed by atoms with E-state index in [4.69, 9.17) is 4.74 Å². The van der Waals surface area contributed by atoms with Crippen molar-refractivity contribution >= 4 is 22.8 Å². The molecule has 2 heterocycles. The molecule has 0 fully saturated rings. The first kappa shape index (κ1) is 16.8. The normalized spacial score (nSPS) is 13.3. The molecule has 0 radical (unpaired) electrons. The summed E-state index contributed by atoms with van der Waals surface area (Å²) in [7, 11) is 0. The molecule has 1 N–H and O–H groups in total. The maximum atomic E-state index is 12.6. The molecule has 0 bridgehead atoms. The lowest BCUT2D eigenvalue weighted by Gasteiger charge is -2.07. The fourth-order valence-corrected chi connectivity index (χ4v) is 2.71. The van der Waals surface area contributed by atoms with E-state index in [1.165, 1.54) is 13.0 Å². The largest absolute Gasteiger partial charge is 0.462 e. The predicted octanol–water partition coefficient (Wildman–Crippen LogP) is 5.48. The van der Waals surface area contributed by atoms with Gasteiger partial charge in [0.1, 0.15) is 17.2 Å². The Morgan fingerprint density at radius 1 is 1.28 bits per heavy atom. The van der Waals surface area contributed by atoms with E-state index in [-0.39, 0.29) is 5.83 Å². The van der Waals surface area contributed by atoms with Crippen LogP contribution in [0, 0.1) is 6.92 Å². The lowest BCUT2D eigenvalue weighted by molar-refractivity contribution is 0.428. The van der Waals surface area contributed by atoms with Crippen LogP contribution in [0.25, 0.3) is 22.8 Å². The van der Waals surface area contributed by atoms with Crippen LogP contribution < -0.4 is 4.74 Å². The van der Waals surface area contributed by atoms with Gasteiger partial charge in [-0.1, -0.05) is 24.8 Å². The zero-order chi connectivity index (χ0) is 18.0. The molecule has 3 rings (SSSR count). The van der Waals surface area contributed by atoms with Crippen LogP contribution in [0.1, 0.15) is 25.0 Å². The summed E-state index contributed by atoms with van der Waals surface area (Å²) in [5.41, 5.74) is 4.88. The number of aromatic amines is 1. The third-order valence-corrected chi connectivity index (χ3v) is 3.80. The topological polar surface area (TPSA) is 42.3 Å². The molecule has 0 atom stereocenters. The molecule has 0 amide bonds. The molecule has 0 aliphatic rings. The number of aryl methyl sites for hydroxylation is 1. The van der Waals surface area contributed by atoms with Gasteiger partial charge in [-0.15, -0.1) is 0 Å². The van der Waals surface area contributed by atoms with E-state index in [0.29, 0.717) is 5.76 Å². The number of H-pyrrole nitrogens is 1. The van der Waals surface area contributed by atoms with Crippen molar-refractivity contribution in [2.45, 2.75) is 20.8 Å². The highest BCUT2D eigenvalue weighted by Gasteiger charge is 2.12. The third kappa shape index (κ3) is 3.40. The number of ether oxygens (including phenoxy) is 1. The standard InChI is InChI=1S/C20H20FN3O/c1-5-16-12-22-24-19-13(2)10-17(11-18(19)23-20(16)24)25-15(4)9-7-6-8-14(3)21/h5-12,23H,1H2,2-4H3/b7-6-,14-8+,15-9+. The van der Waals surface area contributed by atoms with Gasteiger partial charge in [-0.2, -0.15) is 5.10 Å². The number of allylic oxidation sites excluding steroid dienone is 6. The van der Waals surface area contributed by atoms with Gasteiger partial charge in [-0.25, -0.2) is 8.91 Å². The first-order valence-electron chi connectivity index (χ1n) is 7.97. The van der Waals surface area contributed by atoms with Gasteiger partial charge in [0.2, 0.25) is 0 Å². The zero-order valence-corrected chi connectivity index (χ0v) is 14.5. The zero-order valence-electron chi connectivity index (χ0n) is 14.5. The SMILES string of the molecule is C=Cc1cnn2c1[nH]c1cc(O/C(C)=C/C=C\C=C(/C)F)cc(C)c12. The van der Waals surface area contributed by atoms with Crippen LogP contribution in [0.3, 0.4) is 0 Å². The minimum absolute atomic E-state index is 0.236. The van der Waals surface area contributed by atoms with Crippen molar-refractivity contribution in [3.63, 3.8) is 0 Å². The van der Waals surface area contributed by atoms with Gasteiger partial charge in [-0.05, 0) is 44.6 Å². The van der Waals surface area contributed by atoms with E-state index in [1.807, 2.05) is 30.5 Å². The molecule has 4 nitrogen and oxygen atoms in total. The fraction of sp³-hybridized carbons (Fsp3) is 0.150. The third-order valence-electron chi connectivity index (χ3n) is 3.80. The van der Waals surface area contributed by atoms with Crippen LogP contribution in [-0.2, 0) is 0 Å². The van der Waals surface area contributed by atoms with Crippen molar-refractivity contribution in [3.8, 4) is 5.75 Å². The Kier molecular flexibility index (Phi) is 4.57. The minimum atomic E-state index is -0.236. The molecule has 2 aromatic heterocycles. The summed E-state index contributed by atoms with van der Waals surface area (Å²) in [6, 6.07) is 3.91. The Bertz CT molecular complexity index is 1030. The van der Waals surface area contributed by atoms with Crippen LogP contribution in [0.5, 0.6) is 5.75 Å². The fourth-order valence-electron chi connectivity index (χ4n) is 2.71. The number of benzene rings is 1. The number of nitrogens with one attached hydrogen (secondary N) is 1. The number of hydrogen-bond acceptors (Lipinski definition) is 2. The van der Waals surface area contributed by atoms with Crippen molar-refractivity contribution < 1.29 is 9.13 Å². The van der Waals surface area contributed by atoms with E-state index in [2.05, 4.69) is 16.7 Å². The van der Waals surface area contributed by atoms with Crippen molar-refractivity contribution in [2.24, 2.45) is 0 Å². The lowest BCUT2D eigenvalue weighted by atomic mass is 10.2. The summed E-state index contributed by atoms with van der Waals surface area (Å²) in [6.45, 7) is 9.09. The van der Waals surface area contributed by atoms with E-state index in [9.17, 15) is 4.39 Å². The summed E-state index contributed by atoms with van der Waals surface area (Å²) in [6.07, 6.45) is 10.1. The quantitative estimate of drug-likeness (QED) is 0.495. The second kappa shape index (κ2) is 6.81. The number of hydrogen-bond donors (Lipinski definition) is 1. The number of fused-ring (bicyclic) bond motifs is 3. The molecular weight excluding hydrogens is 317 g/mol. The molecule has 0 saturated heterocycles. The second-order valence-electron chi connectivity index (χ2n) is 5.84. The van der Waals surface area contributed by atoms with Gasteiger partial charge in [0.25, 0.3) is 0 Å². The van der Waals surface area contributed by atoms with Gasteiger partial charge in [-0.3, -0.25) is 0 Å². The molecular formula is C20H20FN3O. The molecule has 0 aliphatic carbocycles. The van der Waals surface area contributed by atoms with Gasteiger partial charge in [0, 0.05) is 11.6 Å². The average molecular weight is 337 g/mol.